The zero-order chi connectivity index (χ0) is 18.3. The van der Waals surface area contributed by atoms with Gasteiger partial charge >= 0.3 is 0 Å². The summed E-state index contributed by atoms with van der Waals surface area (Å²) in [7, 11) is 2.04. The number of carbonyl (C=O) groups is 1. The fraction of sp³-hybridized carbons (Fsp3) is 0.250. The summed E-state index contributed by atoms with van der Waals surface area (Å²) in [6.45, 7) is 4.74. The smallest absolute Gasteiger partial charge is 0.251 e. The van der Waals surface area contributed by atoms with Crippen LogP contribution < -0.4 is 5.32 Å². The zero-order valence-corrected chi connectivity index (χ0v) is 15.1. The number of nitrogens with zero attached hydrogens (tertiary/aromatic N) is 3. The Bertz CT molecular complexity index is 1110. The maximum Gasteiger partial charge on any atom is 0.251 e. The van der Waals surface area contributed by atoms with Crippen molar-refractivity contribution in [2.75, 3.05) is 0 Å². The average molecular weight is 347 g/mol. The van der Waals surface area contributed by atoms with Crippen LogP contribution >= 0.6 is 0 Å². The van der Waals surface area contributed by atoms with Crippen molar-refractivity contribution >= 4 is 28.0 Å². The molecular formula is C20H21N5O. The lowest BCUT2D eigenvalue weighted by molar-refractivity contribution is 0.0951. The monoisotopic (exact) mass is 347 g/mol. The first-order valence-corrected chi connectivity index (χ1v) is 8.69. The Morgan fingerprint density at radius 3 is 2.85 bits per heavy atom. The van der Waals surface area contributed by atoms with Gasteiger partial charge in [0.05, 0.1) is 28.4 Å². The molecule has 2 N–H and O–H groups in total. The summed E-state index contributed by atoms with van der Waals surface area (Å²) in [5.74, 6) is 1.33. The molecule has 0 unspecified atom stereocenters. The van der Waals surface area contributed by atoms with Crippen molar-refractivity contribution in [3.05, 3.63) is 59.7 Å². The molecule has 26 heavy (non-hydrogen) atoms. The molecule has 2 heterocycles. The van der Waals surface area contributed by atoms with Gasteiger partial charge in [-0.05, 0) is 35.9 Å². The number of aromatic amines is 1. The molecular weight excluding hydrogens is 326 g/mol. The third-order valence-corrected chi connectivity index (χ3v) is 4.63. The molecule has 0 aliphatic carbocycles. The molecule has 0 radical (unpaired) electrons. The molecule has 4 rings (SSSR count). The largest absolute Gasteiger partial charge is 0.348 e. The molecule has 0 spiro atoms. The Hall–Kier alpha value is -3.15. The number of aromatic nitrogens is 4. The van der Waals surface area contributed by atoms with Crippen LogP contribution in [-0.4, -0.2) is 25.4 Å². The van der Waals surface area contributed by atoms with Crippen molar-refractivity contribution in [3.63, 3.8) is 0 Å². The minimum atomic E-state index is -0.106. The molecule has 0 saturated heterocycles. The predicted octanol–water partition coefficient (Wildman–Crippen LogP) is 3.50. The van der Waals surface area contributed by atoms with E-state index < -0.39 is 0 Å². The topological polar surface area (TPSA) is 75.6 Å². The number of amides is 1. The van der Waals surface area contributed by atoms with Crippen molar-refractivity contribution < 1.29 is 4.79 Å². The quantitative estimate of drug-likeness (QED) is 0.593. The molecule has 6 nitrogen and oxygen atoms in total. The second-order valence-electron chi connectivity index (χ2n) is 6.82. The van der Waals surface area contributed by atoms with Crippen LogP contribution in [-0.2, 0) is 13.6 Å². The molecule has 2 aromatic heterocycles. The van der Waals surface area contributed by atoms with Crippen LogP contribution in [0.15, 0.2) is 42.7 Å². The van der Waals surface area contributed by atoms with Gasteiger partial charge in [-0.2, -0.15) is 0 Å². The van der Waals surface area contributed by atoms with Crippen molar-refractivity contribution in [1.29, 1.82) is 0 Å². The minimum Gasteiger partial charge on any atom is -0.348 e. The summed E-state index contributed by atoms with van der Waals surface area (Å²) in [4.78, 5) is 24.3. The Balaban J connectivity index is 1.52. The van der Waals surface area contributed by atoms with E-state index in [1.54, 1.807) is 12.4 Å². The van der Waals surface area contributed by atoms with Gasteiger partial charge in [0.25, 0.3) is 5.91 Å². The van der Waals surface area contributed by atoms with Crippen LogP contribution in [0, 0.1) is 0 Å². The van der Waals surface area contributed by atoms with Crippen LogP contribution in [0.25, 0.3) is 22.1 Å². The summed E-state index contributed by atoms with van der Waals surface area (Å²) in [6.07, 6.45) is 1.62. The summed E-state index contributed by atoms with van der Waals surface area (Å²) < 4.78 is 2.13. The van der Waals surface area contributed by atoms with Gasteiger partial charge in [-0.15, -0.1) is 0 Å². The van der Waals surface area contributed by atoms with Crippen molar-refractivity contribution in [2.45, 2.75) is 26.3 Å². The lowest BCUT2D eigenvalue weighted by Crippen LogP contribution is -2.22. The predicted molar refractivity (Wildman–Crippen MR) is 102 cm³/mol. The van der Waals surface area contributed by atoms with Crippen LogP contribution in [0.2, 0.25) is 0 Å². The van der Waals surface area contributed by atoms with E-state index in [4.69, 9.17) is 4.98 Å². The maximum absolute atomic E-state index is 12.4. The average Bonchev–Trinajstić information content (AvgIpc) is 3.23. The first-order valence-electron chi connectivity index (χ1n) is 8.69. The summed E-state index contributed by atoms with van der Waals surface area (Å²) in [6, 6.07) is 11.6. The fourth-order valence-electron chi connectivity index (χ4n) is 3.25. The molecule has 1 amide bonds. The zero-order valence-electron chi connectivity index (χ0n) is 15.1. The van der Waals surface area contributed by atoms with Gasteiger partial charge in [0.15, 0.2) is 0 Å². The molecule has 2 aromatic carbocycles. The molecule has 132 valence electrons. The van der Waals surface area contributed by atoms with E-state index in [1.807, 2.05) is 31.3 Å². The van der Waals surface area contributed by atoms with Crippen molar-refractivity contribution in [3.8, 4) is 0 Å². The SMILES string of the molecule is CC(C)c1nc2cc(CNC(=O)c3ccc4nc[nH]c4c3)ccc2n1C. The van der Waals surface area contributed by atoms with Crippen LogP contribution in [0.5, 0.6) is 0 Å². The Labute approximate surface area is 151 Å². The number of H-pyrrole nitrogens is 1. The number of rotatable bonds is 4. The Kier molecular flexibility index (Phi) is 3.95. The van der Waals surface area contributed by atoms with E-state index in [1.165, 1.54) is 0 Å². The number of carbonyl (C=O) groups excluding carboxylic acids is 1. The number of hydrogen-bond donors (Lipinski definition) is 2. The number of fused-ring (bicyclic) bond motifs is 2. The molecule has 0 bridgehead atoms. The summed E-state index contributed by atoms with van der Waals surface area (Å²) >= 11 is 0. The minimum absolute atomic E-state index is 0.106. The lowest BCUT2D eigenvalue weighted by Gasteiger charge is -2.06. The van der Waals surface area contributed by atoms with E-state index in [0.29, 0.717) is 18.0 Å². The number of aryl methyl sites for hydroxylation is 1. The highest BCUT2D eigenvalue weighted by Crippen LogP contribution is 2.21. The van der Waals surface area contributed by atoms with E-state index in [-0.39, 0.29) is 5.91 Å². The third-order valence-electron chi connectivity index (χ3n) is 4.63. The number of benzene rings is 2. The van der Waals surface area contributed by atoms with Crippen LogP contribution in [0.4, 0.5) is 0 Å². The number of hydrogen-bond acceptors (Lipinski definition) is 3. The fourth-order valence-corrected chi connectivity index (χ4v) is 3.25. The highest BCUT2D eigenvalue weighted by atomic mass is 16.1. The molecule has 0 aliphatic rings. The maximum atomic E-state index is 12.4. The lowest BCUT2D eigenvalue weighted by atomic mass is 10.1. The molecule has 4 aromatic rings. The Morgan fingerprint density at radius 2 is 2.04 bits per heavy atom. The van der Waals surface area contributed by atoms with Crippen LogP contribution in [0.3, 0.4) is 0 Å². The second kappa shape index (κ2) is 6.29. The Morgan fingerprint density at radius 1 is 1.19 bits per heavy atom. The van der Waals surface area contributed by atoms with Gasteiger partial charge in [0.2, 0.25) is 0 Å². The first-order chi connectivity index (χ1) is 12.5. The van der Waals surface area contributed by atoms with E-state index >= 15 is 0 Å². The second-order valence-corrected chi connectivity index (χ2v) is 6.82. The number of imidazole rings is 2. The highest BCUT2D eigenvalue weighted by molar-refractivity contribution is 5.97. The van der Waals surface area contributed by atoms with Gasteiger partial charge in [-0.1, -0.05) is 19.9 Å². The van der Waals surface area contributed by atoms with Gasteiger partial charge < -0.3 is 14.9 Å². The molecule has 0 atom stereocenters. The molecule has 6 heteroatoms. The molecule has 0 saturated carbocycles. The van der Waals surface area contributed by atoms with E-state index in [0.717, 1.165) is 33.5 Å². The van der Waals surface area contributed by atoms with Crippen molar-refractivity contribution in [2.24, 2.45) is 7.05 Å². The van der Waals surface area contributed by atoms with E-state index in [9.17, 15) is 4.79 Å². The molecule has 0 aliphatic heterocycles. The van der Waals surface area contributed by atoms with Gasteiger partial charge in [-0.3, -0.25) is 4.79 Å². The summed E-state index contributed by atoms with van der Waals surface area (Å²) in [5.41, 5.74) is 5.41. The van der Waals surface area contributed by atoms with Gasteiger partial charge in [0, 0.05) is 25.1 Å². The highest BCUT2D eigenvalue weighted by Gasteiger charge is 2.12. The summed E-state index contributed by atoms with van der Waals surface area (Å²) in [5, 5.41) is 2.97. The first kappa shape index (κ1) is 16.3. The molecule has 0 fully saturated rings. The van der Waals surface area contributed by atoms with E-state index in [2.05, 4.69) is 39.8 Å². The van der Waals surface area contributed by atoms with Gasteiger partial charge in [0.1, 0.15) is 5.82 Å². The van der Waals surface area contributed by atoms with Gasteiger partial charge in [-0.25, -0.2) is 9.97 Å². The standard InChI is InChI=1S/C20H21N5O/c1-12(2)19-24-17-8-13(4-7-18(17)25(19)3)10-21-20(26)14-5-6-15-16(9-14)23-11-22-15/h4-9,11-12H,10H2,1-3H3,(H,21,26)(H,22,23). The third kappa shape index (κ3) is 2.83. The normalized spacial score (nSPS) is 11.5. The van der Waals surface area contributed by atoms with Crippen molar-refractivity contribution in [1.82, 2.24) is 24.8 Å². The van der Waals surface area contributed by atoms with Crippen LogP contribution in [0.1, 0.15) is 41.5 Å². The number of nitrogens with one attached hydrogen (secondary N) is 2.